The second-order valence-electron chi connectivity index (χ2n) is 5.03. The Hall–Kier alpha value is -1.00. The fourth-order valence-electron chi connectivity index (χ4n) is 2.67. The summed E-state index contributed by atoms with van der Waals surface area (Å²) in [6.07, 6.45) is 2.02. The van der Waals surface area contributed by atoms with Gasteiger partial charge in [-0.05, 0) is 57.5 Å². The first-order valence-electron chi connectivity index (χ1n) is 6.51. The summed E-state index contributed by atoms with van der Waals surface area (Å²) >= 11 is 0. The van der Waals surface area contributed by atoms with Crippen LogP contribution in [-0.2, 0) is 0 Å². The molecule has 0 bridgehead atoms. The largest absolute Gasteiger partial charge is 0.330 e. The van der Waals surface area contributed by atoms with E-state index in [0.717, 1.165) is 25.9 Å². The molecule has 0 saturated carbocycles. The summed E-state index contributed by atoms with van der Waals surface area (Å²) in [5.41, 5.74) is 5.83. The fourth-order valence-corrected chi connectivity index (χ4v) is 2.67. The molecule has 0 amide bonds. The highest BCUT2D eigenvalue weighted by molar-refractivity contribution is 5.23. The Kier molecular flexibility index (Phi) is 4.30. The zero-order chi connectivity index (χ0) is 13.1. The molecule has 1 aromatic rings. The van der Waals surface area contributed by atoms with Gasteiger partial charge in [0.25, 0.3) is 0 Å². The van der Waals surface area contributed by atoms with Gasteiger partial charge in [0.2, 0.25) is 0 Å². The number of likely N-dealkylation sites (tertiary alicyclic amines) is 1. The molecule has 0 aromatic heterocycles. The summed E-state index contributed by atoms with van der Waals surface area (Å²) < 4.78 is 27.4. The first-order valence-corrected chi connectivity index (χ1v) is 6.51. The minimum atomic E-state index is -0.455. The van der Waals surface area contributed by atoms with Crippen LogP contribution in [0.15, 0.2) is 18.2 Å². The summed E-state index contributed by atoms with van der Waals surface area (Å²) in [7, 11) is 0. The van der Waals surface area contributed by atoms with Crippen molar-refractivity contribution in [2.75, 3.05) is 19.6 Å². The summed E-state index contributed by atoms with van der Waals surface area (Å²) in [6.45, 7) is 4.29. The predicted molar refractivity (Wildman–Crippen MR) is 68.1 cm³/mol. The Morgan fingerprint density at radius 2 is 1.83 bits per heavy atom. The smallest absolute Gasteiger partial charge is 0.130 e. The van der Waals surface area contributed by atoms with Gasteiger partial charge in [-0.1, -0.05) is 6.07 Å². The molecule has 0 spiro atoms. The molecule has 1 aliphatic heterocycles. The molecule has 1 saturated heterocycles. The van der Waals surface area contributed by atoms with Gasteiger partial charge in [0.1, 0.15) is 11.6 Å². The molecule has 2 N–H and O–H groups in total. The quantitative estimate of drug-likeness (QED) is 0.898. The molecular formula is C14H20F2N2. The van der Waals surface area contributed by atoms with Crippen LogP contribution >= 0.6 is 0 Å². The molecule has 1 fully saturated rings. The van der Waals surface area contributed by atoms with Gasteiger partial charge in [-0.2, -0.15) is 0 Å². The topological polar surface area (TPSA) is 29.3 Å². The van der Waals surface area contributed by atoms with E-state index in [1.54, 1.807) is 0 Å². The minimum absolute atomic E-state index is 0.184. The van der Waals surface area contributed by atoms with Gasteiger partial charge in [-0.25, -0.2) is 8.78 Å². The Morgan fingerprint density at radius 3 is 2.33 bits per heavy atom. The molecule has 1 atom stereocenters. The van der Waals surface area contributed by atoms with Crippen LogP contribution < -0.4 is 5.73 Å². The molecular weight excluding hydrogens is 234 g/mol. The van der Waals surface area contributed by atoms with Crippen molar-refractivity contribution in [1.29, 1.82) is 0 Å². The molecule has 0 aliphatic carbocycles. The van der Waals surface area contributed by atoms with Crippen molar-refractivity contribution < 1.29 is 8.78 Å². The van der Waals surface area contributed by atoms with Crippen LogP contribution in [0.3, 0.4) is 0 Å². The lowest BCUT2D eigenvalue weighted by molar-refractivity contribution is 0.139. The summed E-state index contributed by atoms with van der Waals surface area (Å²) in [5.74, 6) is -0.356. The van der Waals surface area contributed by atoms with Gasteiger partial charge in [0.05, 0.1) is 0 Å². The van der Waals surface area contributed by atoms with Crippen LogP contribution in [0.25, 0.3) is 0 Å². The van der Waals surface area contributed by atoms with Crippen molar-refractivity contribution in [3.63, 3.8) is 0 Å². The van der Waals surface area contributed by atoms with Crippen LogP contribution in [0, 0.1) is 17.6 Å². The zero-order valence-corrected chi connectivity index (χ0v) is 10.7. The summed E-state index contributed by atoms with van der Waals surface area (Å²) in [5, 5.41) is 0. The standard InChI is InChI=1S/C14H20F2N2/c1-10(14-12(15)3-2-4-13(14)16)18-7-5-11(9-17)6-8-18/h2-4,10-11H,5-9,17H2,1H3. The van der Waals surface area contributed by atoms with Crippen LogP contribution in [0.2, 0.25) is 0 Å². The van der Waals surface area contributed by atoms with Crippen molar-refractivity contribution in [1.82, 2.24) is 4.90 Å². The predicted octanol–water partition coefficient (Wildman–Crippen LogP) is 2.70. The molecule has 1 unspecified atom stereocenters. The number of hydrogen-bond donors (Lipinski definition) is 1. The summed E-state index contributed by atoms with van der Waals surface area (Å²) in [6, 6.07) is 3.83. The van der Waals surface area contributed by atoms with Crippen molar-refractivity contribution in [2.45, 2.75) is 25.8 Å². The number of benzene rings is 1. The van der Waals surface area contributed by atoms with Crippen LogP contribution in [-0.4, -0.2) is 24.5 Å². The maximum Gasteiger partial charge on any atom is 0.130 e. The van der Waals surface area contributed by atoms with E-state index in [1.165, 1.54) is 18.2 Å². The molecule has 0 radical (unpaired) electrons. The van der Waals surface area contributed by atoms with Gasteiger partial charge in [-0.3, -0.25) is 4.90 Å². The minimum Gasteiger partial charge on any atom is -0.330 e. The molecule has 18 heavy (non-hydrogen) atoms. The Bertz CT molecular complexity index is 381. The fraction of sp³-hybridized carbons (Fsp3) is 0.571. The SMILES string of the molecule is CC(c1c(F)cccc1F)N1CCC(CN)CC1. The molecule has 4 heteroatoms. The lowest BCUT2D eigenvalue weighted by Gasteiger charge is -2.36. The van der Waals surface area contributed by atoms with E-state index in [9.17, 15) is 8.78 Å². The average Bonchev–Trinajstić information content (AvgIpc) is 2.38. The van der Waals surface area contributed by atoms with Crippen molar-refractivity contribution >= 4 is 0 Å². The maximum absolute atomic E-state index is 13.7. The monoisotopic (exact) mass is 254 g/mol. The van der Waals surface area contributed by atoms with Crippen molar-refractivity contribution in [3.05, 3.63) is 35.4 Å². The third kappa shape index (κ3) is 2.70. The summed E-state index contributed by atoms with van der Waals surface area (Å²) in [4.78, 5) is 2.13. The highest BCUT2D eigenvalue weighted by Gasteiger charge is 2.26. The van der Waals surface area contributed by atoms with E-state index >= 15 is 0 Å². The number of nitrogens with two attached hydrogens (primary N) is 1. The zero-order valence-electron chi connectivity index (χ0n) is 10.7. The maximum atomic E-state index is 13.7. The molecule has 100 valence electrons. The molecule has 2 rings (SSSR count). The van der Waals surface area contributed by atoms with Crippen molar-refractivity contribution in [2.24, 2.45) is 11.7 Å². The van der Waals surface area contributed by atoms with Gasteiger partial charge >= 0.3 is 0 Å². The van der Waals surface area contributed by atoms with Gasteiger partial charge in [-0.15, -0.1) is 0 Å². The lowest BCUT2D eigenvalue weighted by Crippen LogP contribution is -2.38. The molecule has 1 heterocycles. The molecule has 1 aliphatic rings. The van der Waals surface area contributed by atoms with E-state index in [4.69, 9.17) is 5.73 Å². The normalized spacial score (nSPS) is 20.0. The Labute approximate surface area is 107 Å². The van der Waals surface area contributed by atoms with Crippen LogP contribution in [0.5, 0.6) is 0 Å². The average molecular weight is 254 g/mol. The molecule has 1 aromatic carbocycles. The number of halogens is 2. The highest BCUT2D eigenvalue weighted by Crippen LogP contribution is 2.29. The van der Waals surface area contributed by atoms with Gasteiger partial charge < -0.3 is 5.73 Å². The number of rotatable bonds is 3. The number of piperidine rings is 1. The van der Waals surface area contributed by atoms with E-state index in [-0.39, 0.29) is 11.6 Å². The second kappa shape index (κ2) is 5.76. The van der Waals surface area contributed by atoms with Gasteiger partial charge in [0.15, 0.2) is 0 Å². The third-order valence-electron chi connectivity index (χ3n) is 3.95. The Morgan fingerprint density at radius 1 is 1.28 bits per heavy atom. The Balaban J connectivity index is 2.10. The second-order valence-corrected chi connectivity index (χ2v) is 5.03. The molecule has 2 nitrogen and oxygen atoms in total. The van der Waals surface area contributed by atoms with E-state index in [0.29, 0.717) is 12.5 Å². The van der Waals surface area contributed by atoms with Gasteiger partial charge in [0, 0.05) is 11.6 Å². The van der Waals surface area contributed by atoms with E-state index < -0.39 is 11.6 Å². The lowest BCUT2D eigenvalue weighted by atomic mass is 9.94. The van der Waals surface area contributed by atoms with Crippen molar-refractivity contribution in [3.8, 4) is 0 Å². The first kappa shape index (κ1) is 13.4. The third-order valence-corrected chi connectivity index (χ3v) is 3.95. The van der Waals surface area contributed by atoms with E-state index in [2.05, 4.69) is 4.90 Å². The highest BCUT2D eigenvalue weighted by atomic mass is 19.1. The van der Waals surface area contributed by atoms with Crippen LogP contribution in [0.4, 0.5) is 8.78 Å². The van der Waals surface area contributed by atoms with Crippen LogP contribution in [0.1, 0.15) is 31.4 Å². The van der Waals surface area contributed by atoms with E-state index in [1.807, 2.05) is 6.92 Å². The number of nitrogens with zero attached hydrogens (tertiary/aromatic N) is 1. The number of hydrogen-bond acceptors (Lipinski definition) is 2. The first-order chi connectivity index (χ1) is 8.63.